The summed E-state index contributed by atoms with van der Waals surface area (Å²) in [6.45, 7) is 19.2. The summed E-state index contributed by atoms with van der Waals surface area (Å²) in [6, 6.07) is 66.5. The van der Waals surface area contributed by atoms with E-state index in [1.54, 1.807) is 6.54 Å². The fourth-order valence-corrected chi connectivity index (χ4v) is 39.6. The molecule has 0 bridgehead atoms. The normalized spacial score (nSPS) is 15.1. The van der Waals surface area contributed by atoms with Gasteiger partial charge in [-0.2, -0.15) is 0 Å². The maximum absolute atomic E-state index is 4.96. The Morgan fingerprint density at radius 2 is 0.918 bits per heavy atom. The van der Waals surface area contributed by atoms with Gasteiger partial charge in [0.2, 0.25) is 0 Å². The Morgan fingerprint density at radius 1 is 0.426 bits per heavy atom. The first-order valence-electron chi connectivity index (χ1n) is 21.4. The monoisotopic (exact) mass is 928 g/mol. The Labute approximate surface area is 377 Å². The van der Waals surface area contributed by atoms with E-state index < -0.39 is 17.4 Å². The van der Waals surface area contributed by atoms with Crippen LogP contribution in [0.25, 0.3) is 49.9 Å². The van der Waals surface area contributed by atoms with Gasteiger partial charge in [0.15, 0.2) is 0 Å². The minimum atomic E-state index is -4.96. The van der Waals surface area contributed by atoms with Gasteiger partial charge in [-0.3, -0.25) is 0 Å². The molecule has 1 atom stereocenters. The molecule has 0 radical (unpaired) electrons. The number of benzene rings is 8. The molecule has 306 valence electrons. The van der Waals surface area contributed by atoms with Gasteiger partial charge >= 0.3 is 356 Å². The molecule has 0 aromatic heterocycles. The summed E-state index contributed by atoms with van der Waals surface area (Å²) in [4.78, 5) is 0. The SMILES string of the molecule is CC1=Cc2c(-c3cc4ccccc4c4ccccc34)cccc2[CH]1[Zr](=[SiH2])([c]1ccccc1)([c]1ccccc1)[CH]1c2cc(C(C)(C)C)ccc2-c2ccc(C(C)(C)C)cc21.Cl.Cl. The Bertz CT molecular complexity index is 2990. The quantitative estimate of drug-likeness (QED) is 0.119. The first kappa shape index (κ1) is 43.4. The zero-order valence-electron chi connectivity index (χ0n) is 36.4. The van der Waals surface area contributed by atoms with Gasteiger partial charge in [0.05, 0.1) is 0 Å². The van der Waals surface area contributed by atoms with Crippen molar-refractivity contribution in [1.29, 1.82) is 0 Å². The van der Waals surface area contributed by atoms with Gasteiger partial charge in [-0.25, -0.2) is 0 Å². The molecule has 0 heterocycles. The molecule has 10 rings (SSSR count). The molecule has 2 aliphatic carbocycles. The molecule has 0 saturated carbocycles. The molecule has 1 unspecified atom stereocenters. The Balaban J connectivity index is 0.00000257. The van der Waals surface area contributed by atoms with Crippen LogP contribution in [0.5, 0.6) is 0 Å². The second-order valence-corrected chi connectivity index (χ2v) is 42.4. The second-order valence-electron chi connectivity index (χ2n) is 19.7. The van der Waals surface area contributed by atoms with Crippen LogP contribution >= 0.6 is 24.8 Å². The molecule has 0 amide bonds. The summed E-state index contributed by atoms with van der Waals surface area (Å²) in [5.41, 5.74) is 15.7. The molecule has 8 aromatic rings. The number of hydrogen-bond acceptors (Lipinski definition) is 0. The summed E-state index contributed by atoms with van der Waals surface area (Å²) in [5, 5.41) is 5.22. The molecular weight excluding hydrogens is 875 g/mol. The minimum absolute atomic E-state index is 0. The van der Waals surface area contributed by atoms with Crippen LogP contribution in [0.4, 0.5) is 0 Å². The van der Waals surface area contributed by atoms with Crippen LogP contribution in [0.1, 0.15) is 89.1 Å². The Kier molecular flexibility index (Phi) is 11.0. The fourth-order valence-electron chi connectivity index (χ4n) is 11.5. The molecule has 8 aromatic carbocycles. The zero-order chi connectivity index (χ0) is 40.9. The summed E-state index contributed by atoms with van der Waals surface area (Å²) >= 11 is -4.96. The van der Waals surface area contributed by atoms with E-state index in [2.05, 4.69) is 231 Å². The van der Waals surface area contributed by atoms with Crippen LogP contribution in [0.15, 0.2) is 175 Å². The zero-order valence-corrected chi connectivity index (χ0v) is 41.9. The van der Waals surface area contributed by atoms with Gasteiger partial charge in [0.1, 0.15) is 0 Å². The van der Waals surface area contributed by atoms with Crippen molar-refractivity contribution in [2.75, 3.05) is 0 Å². The van der Waals surface area contributed by atoms with Gasteiger partial charge in [-0.1, -0.05) is 0 Å². The van der Waals surface area contributed by atoms with Crippen molar-refractivity contribution in [1.82, 2.24) is 0 Å². The van der Waals surface area contributed by atoms with Crippen LogP contribution in [0.2, 0.25) is 0 Å². The van der Waals surface area contributed by atoms with Crippen LogP contribution in [-0.4, -0.2) is 6.88 Å². The van der Waals surface area contributed by atoms with Gasteiger partial charge in [0.25, 0.3) is 0 Å². The molecule has 0 fully saturated rings. The van der Waals surface area contributed by atoms with Crippen molar-refractivity contribution in [3.05, 3.63) is 209 Å². The molecular formula is C57H56Cl2SiZr. The van der Waals surface area contributed by atoms with E-state index in [0.717, 1.165) is 0 Å². The van der Waals surface area contributed by atoms with Crippen molar-refractivity contribution in [3.8, 4) is 22.3 Å². The topological polar surface area (TPSA) is 0 Å². The summed E-state index contributed by atoms with van der Waals surface area (Å²) in [5.74, 6) is 0. The number of halogens is 2. The van der Waals surface area contributed by atoms with Crippen LogP contribution in [0.3, 0.4) is 0 Å². The number of fused-ring (bicyclic) bond motifs is 7. The van der Waals surface area contributed by atoms with Crippen molar-refractivity contribution < 1.29 is 17.4 Å². The largest absolute Gasteiger partial charge is 0.147 e. The third-order valence-corrected chi connectivity index (χ3v) is 42.2. The molecule has 0 saturated heterocycles. The van der Waals surface area contributed by atoms with E-state index in [0.29, 0.717) is 0 Å². The molecule has 0 N–H and O–H groups in total. The predicted molar refractivity (Wildman–Crippen MR) is 270 cm³/mol. The smallest absolute Gasteiger partial charge is 0.147 e. The molecule has 0 nitrogen and oxygen atoms in total. The van der Waals surface area contributed by atoms with E-state index >= 15 is 0 Å². The van der Waals surface area contributed by atoms with Crippen LogP contribution in [-0.2, 0) is 28.2 Å². The molecule has 0 spiro atoms. The molecule has 2 aliphatic rings. The second kappa shape index (κ2) is 15.5. The van der Waals surface area contributed by atoms with E-state index in [9.17, 15) is 0 Å². The van der Waals surface area contributed by atoms with E-state index in [-0.39, 0.29) is 42.9 Å². The average Bonchev–Trinajstić information content (AvgIpc) is 3.78. The van der Waals surface area contributed by atoms with Gasteiger partial charge in [-0.15, -0.1) is 24.8 Å². The van der Waals surface area contributed by atoms with Gasteiger partial charge < -0.3 is 0 Å². The number of allylic oxidation sites excluding steroid dienone is 1. The van der Waals surface area contributed by atoms with Gasteiger partial charge in [-0.05, 0) is 0 Å². The van der Waals surface area contributed by atoms with Gasteiger partial charge in [0, 0.05) is 0 Å². The maximum atomic E-state index is 2.64. The average molecular weight is 931 g/mol. The van der Waals surface area contributed by atoms with E-state index in [1.807, 2.05) is 0 Å². The molecule has 4 heteroatoms. The minimum Gasteiger partial charge on any atom is -0.147 e. The van der Waals surface area contributed by atoms with Crippen LogP contribution in [0, 0.1) is 0 Å². The maximum Gasteiger partial charge on any atom is -0.147 e. The first-order valence-corrected chi connectivity index (χ1v) is 32.7. The Morgan fingerprint density at radius 3 is 1.46 bits per heavy atom. The summed E-state index contributed by atoms with van der Waals surface area (Å²) in [7, 11) is 0. The summed E-state index contributed by atoms with van der Waals surface area (Å²) < 4.78 is 3.54. The molecule has 61 heavy (non-hydrogen) atoms. The third-order valence-electron chi connectivity index (χ3n) is 14.3. The number of rotatable bonds is 5. The van der Waals surface area contributed by atoms with E-state index in [1.165, 1.54) is 82.8 Å². The van der Waals surface area contributed by atoms with Crippen LogP contribution < -0.4 is 6.54 Å². The third kappa shape index (κ3) is 6.46. The van der Waals surface area contributed by atoms with Crippen molar-refractivity contribution in [2.45, 2.75) is 66.5 Å². The predicted octanol–water partition coefficient (Wildman–Crippen LogP) is 14.2. The van der Waals surface area contributed by atoms with Crippen molar-refractivity contribution >= 4 is 65.9 Å². The number of hydrogen-bond donors (Lipinski definition) is 0. The summed E-state index contributed by atoms with van der Waals surface area (Å²) in [6.07, 6.45) is 2.60. The molecule has 0 aliphatic heterocycles. The van der Waals surface area contributed by atoms with Crippen molar-refractivity contribution in [2.24, 2.45) is 0 Å². The fraction of sp³-hybridized carbons (Fsp3) is 0.193. The standard InChI is InChI=1S/C24H17.C21H25.2C6H5.2ClH.H2Si.Zr/c1-16-13-17-8-6-12-22(23(17)14-16)24-15-18-7-2-3-9-19(18)20-10-4-5-11-21(20)24;1-20(2,3)16-7-9-18-14(12-16)11-15-13-17(21(4,5)6)8-10-19(15)18;2*1-2-4-6-5-3-1;;;;/h2-15H,1H3;7-13H,1-6H3;2*1-5H;2*1H;1H2;. The van der Waals surface area contributed by atoms with Crippen molar-refractivity contribution in [3.63, 3.8) is 0 Å². The first-order chi connectivity index (χ1) is 28.3. The Hall–Kier alpha value is -4.30. The van der Waals surface area contributed by atoms with E-state index in [4.69, 9.17) is 0 Å².